The van der Waals surface area contributed by atoms with Gasteiger partial charge in [-0.25, -0.2) is 9.97 Å². The van der Waals surface area contributed by atoms with Crippen LogP contribution in [-0.2, 0) is 0 Å². The maximum atomic E-state index is 5.56. The third-order valence-electron chi connectivity index (χ3n) is 10.4. The highest BCUT2D eigenvalue weighted by molar-refractivity contribution is 6.00. The fourth-order valence-corrected chi connectivity index (χ4v) is 7.72. The molecule has 0 fully saturated rings. The van der Waals surface area contributed by atoms with Gasteiger partial charge < -0.3 is 9.80 Å². The van der Waals surface area contributed by atoms with Gasteiger partial charge in [0.1, 0.15) is 0 Å². The molecule has 1 aromatic heterocycles. The fourth-order valence-electron chi connectivity index (χ4n) is 7.72. The first-order valence-electron chi connectivity index (χ1n) is 20.5. The lowest BCUT2D eigenvalue weighted by Crippen LogP contribution is -2.24. The van der Waals surface area contributed by atoms with E-state index in [1.807, 2.05) is 0 Å². The highest BCUT2D eigenvalue weighted by Crippen LogP contribution is 2.36. The number of hydrogen-bond donors (Lipinski definition) is 0. The Morgan fingerprint density at radius 3 is 1.12 bits per heavy atom. The molecule has 0 amide bonds. The first kappa shape index (κ1) is 38.3. The lowest BCUT2D eigenvalue weighted by atomic mass is 9.97. The molecule has 1 heterocycles. The average Bonchev–Trinajstić information content (AvgIpc) is 3.25. The summed E-state index contributed by atoms with van der Waals surface area (Å²) in [6.45, 7) is 13.2. The summed E-state index contributed by atoms with van der Waals surface area (Å²) >= 11 is 0. The van der Waals surface area contributed by atoms with Gasteiger partial charge in [-0.1, -0.05) is 149 Å². The van der Waals surface area contributed by atoms with Crippen molar-refractivity contribution in [3.63, 3.8) is 0 Å². The number of benzene rings is 6. The molecule has 7 aromatic rings. The van der Waals surface area contributed by atoms with Crippen molar-refractivity contribution in [2.24, 2.45) is 0 Å². The van der Waals surface area contributed by atoms with Crippen LogP contribution >= 0.6 is 0 Å². The number of fused-ring (bicyclic) bond motifs is 2. The molecule has 0 aliphatic heterocycles. The predicted octanol–water partition coefficient (Wildman–Crippen LogP) is 13.7. The summed E-state index contributed by atoms with van der Waals surface area (Å²) in [5.74, 6) is 0. The zero-order valence-corrected chi connectivity index (χ0v) is 33.5. The van der Waals surface area contributed by atoms with E-state index < -0.39 is 0 Å². The van der Waals surface area contributed by atoms with E-state index in [-0.39, 0.29) is 0 Å². The molecule has 0 N–H and O–H groups in total. The van der Waals surface area contributed by atoms with Crippen LogP contribution in [0.1, 0.15) is 75.9 Å². The molecular formula is C52H54N4. The normalized spacial score (nSPS) is 11.6. The zero-order chi connectivity index (χ0) is 38.7. The molecule has 282 valence electrons. The second-order valence-electron chi connectivity index (χ2n) is 14.6. The Hall–Kier alpha value is -6.00. The van der Waals surface area contributed by atoms with E-state index in [4.69, 9.17) is 9.97 Å². The Kier molecular flexibility index (Phi) is 12.7. The highest BCUT2D eigenvalue weighted by atomic mass is 15.1. The molecule has 0 saturated carbocycles. The van der Waals surface area contributed by atoms with Crippen LogP contribution in [0.4, 0.5) is 11.4 Å². The largest absolute Gasteiger partial charge is 0.372 e. The van der Waals surface area contributed by atoms with E-state index in [0.717, 1.165) is 108 Å². The van der Waals surface area contributed by atoms with Crippen molar-refractivity contribution < 1.29 is 0 Å². The SMILES string of the molecule is CCCN(CCC)c1ccc(/C=C/c2nc(-c3cccc4ccccc34)c(/C=C/c3ccc(N(CCC)CCC)cc3)nc2-c2cccc3ccccc23)cc1. The molecule has 0 aliphatic carbocycles. The maximum absolute atomic E-state index is 5.56. The molecule has 7 rings (SSSR count). The highest BCUT2D eigenvalue weighted by Gasteiger charge is 2.18. The Labute approximate surface area is 333 Å². The number of aromatic nitrogens is 2. The topological polar surface area (TPSA) is 32.3 Å². The van der Waals surface area contributed by atoms with Gasteiger partial charge in [-0.3, -0.25) is 0 Å². The smallest absolute Gasteiger partial charge is 0.0973 e. The van der Waals surface area contributed by atoms with Crippen LogP contribution in [0.25, 0.3) is 68.4 Å². The average molecular weight is 735 g/mol. The molecule has 4 nitrogen and oxygen atoms in total. The molecule has 56 heavy (non-hydrogen) atoms. The zero-order valence-electron chi connectivity index (χ0n) is 33.5. The molecule has 0 unspecified atom stereocenters. The van der Waals surface area contributed by atoms with Crippen molar-refractivity contribution >= 4 is 57.2 Å². The summed E-state index contributed by atoms with van der Waals surface area (Å²) < 4.78 is 0. The molecule has 0 saturated heterocycles. The van der Waals surface area contributed by atoms with Crippen molar-refractivity contribution in [3.05, 3.63) is 156 Å². The van der Waals surface area contributed by atoms with Crippen LogP contribution in [-0.4, -0.2) is 36.1 Å². The lowest BCUT2D eigenvalue weighted by Gasteiger charge is -2.23. The van der Waals surface area contributed by atoms with Gasteiger partial charge in [0.25, 0.3) is 0 Å². The van der Waals surface area contributed by atoms with Gasteiger partial charge in [-0.2, -0.15) is 0 Å². The Balaban J connectivity index is 1.38. The Morgan fingerprint density at radius 2 is 0.750 bits per heavy atom. The monoisotopic (exact) mass is 734 g/mol. The molecule has 0 spiro atoms. The third-order valence-corrected chi connectivity index (χ3v) is 10.4. The minimum absolute atomic E-state index is 0.834. The molecule has 0 atom stereocenters. The summed E-state index contributed by atoms with van der Waals surface area (Å²) in [7, 11) is 0. The number of anilines is 2. The first-order chi connectivity index (χ1) is 27.6. The summed E-state index contributed by atoms with van der Waals surface area (Å²) in [5, 5.41) is 4.66. The van der Waals surface area contributed by atoms with Crippen LogP contribution in [0.5, 0.6) is 0 Å². The van der Waals surface area contributed by atoms with Crippen molar-refractivity contribution in [1.29, 1.82) is 0 Å². The summed E-state index contributed by atoms with van der Waals surface area (Å²) in [4.78, 5) is 16.1. The van der Waals surface area contributed by atoms with Crippen LogP contribution in [0.2, 0.25) is 0 Å². The molecular weight excluding hydrogens is 681 g/mol. The summed E-state index contributed by atoms with van der Waals surface area (Å²) in [6.07, 6.45) is 13.2. The van der Waals surface area contributed by atoms with Gasteiger partial charge in [0, 0.05) is 48.7 Å². The van der Waals surface area contributed by atoms with Gasteiger partial charge in [-0.15, -0.1) is 0 Å². The van der Waals surface area contributed by atoms with E-state index in [0.29, 0.717) is 0 Å². The summed E-state index contributed by atoms with van der Waals surface area (Å²) in [5.41, 5.74) is 10.3. The van der Waals surface area contributed by atoms with Crippen molar-refractivity contribution in [2.75, 3.05) is 36.0 Å². The first-order valence-corrected chi connectivity index (χ1v) is 20.5. The minimum Gasteiger partial charge on any atom is -0.372 e. The fraction of sp³-hybridized carbons (Fsp3) is 0.231. The van der Waals surface area contributed by atoms with Gasteiger partial charge >= 0.3 is 0 Å². The quantitative estimate of drug-likeness (QED) is 0.0989. The van der Waals surface area contributed by atoms with Crippen LogP contribution in [0.15, 0.2) is 133 Å². The van der Waals surface area contributed by atoms with Crippen molar-refractivity contribution in [2.45, 2.75) is 53.4 Å². The van der Waals surface area contributed by atoms with Gasteiger partial charge in [0.2, 0.25) is 0 Å². The standard InChI is InChI=1S/C52H54N4/c1-5-35-55(36-6-2)43-29-23-39(24-30-43)27-33-49-51(47-21-13-17-41-15-9-11-19-45(41)47)54-50(52(53-49)48-22-14-18-42-16-10-12-20-46(42)48)34-28-40-25-31-44(32-26-40)56(37-7-3)38-8-4/h9-34H,5-8,35-38H2,1-4H3/b33-27+,34-28+. The maximum Gasteiger partial charge on any atom is 0.0973 e. The van der Waals surface area contributed by atoms with E-state index in [2.05, 4.69) is 195 Å². The number of hydrogen-bond acceptors (Lipinski definition) is 4. The molecule has 4 heteroatoms. The lowest BCUT2D eigenvalue weighted by molar-refractivity contribution is 0.745. The van der Waals surface area contributed by atoms with Crippen molar-refractivity contribution in [3.8, 4) is 22.5 Å². The van der Waals surface area contributed by atoms with E-state index in [1.54, 1.807) is 0 Å². The van der Waals surface area contributed by atoms with Gasteiger partial charge in [0.05, 0.1) is 22.8 Å². The predicted molar refractivity (Wildman–Crippen MR) is 244 cm³/mol. The minimum atomic E-state index is 0.834. The van der Waals surface area contributed by atoms with Gasteiger partial charge in [0.15, 0.2) is 0 Å². The Bertz CT molecular complexity index is 2230. The Morgan fingerprint density at radius 1 is 0.393 bits per heavy atom. The number of nitrogens with zero attached hydrogens (tertiary/aromatic N) is 4. The van der Waals surface area contributed by atoms with Crippen molar-refractivity contribution in [1.82, 2.24) is 9.97 Å². The van der Waals surface area contributed by atoms with Crippen LogP contribution in [0, 0.1) is 0 Å². The van der Waals surface area contributed by atoms with Gasteiger partial charge in [-0.05, 0) is 94.8 Å². The second-order valence-corrected chi connectivity index (χ2v) is 14.6. The molecule has 6 aromatic carbocycles. The van der Waals surface area contributed by atoms with Crippen LogP contribution in [0.3, 0.4) is 0 Å². The second kappa shape index (κ2) is 18.6. The van der Waals surface area contributed by atoms with Crippen LogP contribution < -0.4 is 9.80 Å². The molecule has 0 aliphatic rings. The summed E-state index contributed by atoms with van der Waals surface area (Å²) in [6, 6.07) is 47.9. The molecule has 0 radical (unpaired) electrons. The number of rotatable bonds is 16. The van der Waals surface area contributed by atoms with E-state index in [1.165, 1.54) is 22.1 Å². The molecule has 0 bridgehead atoms. The third kappa shape index (κ3) is 8.76. The van der Waals surface area contributed by atoms with E-state index in [9.17, 15) is 0 Å². The van der Waals surface area contributed by atoms with E-state index >= 15 is 0 Å².